The number of nitrogens with one attached hydrogen (secondary N) is 2. The molecule has 1 aromatic carbocycles. The first kappa shape index (κ1) is 22.8. The zero-order chi connectivity index (χ0) is 24.2. The number of furan rings is 1. The average Bonchev–Trinajstić information content (AvgIpc) is 3.49. The zero-order valence-corrected chi connectivity index (χ0v) is 19.3. The van der Waals surface area contributed by atoms with E-state index in [-0.39, 0.29) is 11.5 Å². The summed E-state index contributed by atoms with van der Waals surface area (Å²) < 4.78 is 18.0. The fraction of sp³-hybridized carbons (Fsp3) is 0.250. The summed E-state index contributed by atoms with van der Waals surface area (Å²) in [6.45, 7) is 8.05. The number of carbonyl (C=O) groups is 1. The van der Waals surface area contributed by atoms with Gasteiger partial charge in [0.15, 0.2) is 17.3 Å². The monoisotopic (exact) mass is 463 g/mol. The Morgan fingerprint density at radius 3 is 2.56 bits per heavy atom. The maximum Gasteiger partial charge on any atom is 0.256 e. The van der Waals surface area contributed by atoms with Crippen molar-refractivity contribution in [2.45, 2.75) is 27.7 Å². The molecule has 10 nitrogen and oxygen atoms in total. The van der Waals surface area contributed by atoms with E-state index in [2.05, 4.69) is 20.4 Å². The quantitative estimate of drug-likeness (QED) is 0.406. The third-order valence-electron chi connectivity index (χ3n) is 5.11. The number of rotatable bonds is 8. The van der Waals surface area contributed by atoms with Crippen molar-refractivity contribution in [1.29, 1.82) is 0 Å². The van der Waals surface area contributed by atoms with Crippen LogP contribution in [0, 0.1) is 13.8 Å². The summed E-state index contributed by atoms with van der Waals surface area (Å²) >= 11 is 0. The molecule has 10 heteroatoms. The molecule has 0 spiro atoms. The summed E-state index contributed by atoms with van der Waals surface area (Å²) in [5.74, 6) is 1.60. The molecule has 4 aromatic rings. The summed E-state index contributed by atoms with van der Waals surface area (Å²) in [6.07, 6.45) is 1.53. The van der Waals surface area contributed by atoms with E-state index in [9.17, 15) is 9.59 Å². The van der Waals surface area contributed by atoms with Gasteiger partial charge in [0.25, 0.3) is 11.5 Å². The Kier molecular flexibility index (Phi) is 6.48. The largest absolute Gasteiger partial charge is 0.490 e. The van der Waals surface area contributed by atoms with Gasteiger partial charge in [0.05, 0.1) is 19.5 Å². The summed E-state index contributed by atoms with van der Waals surface area (Å²) in [6, 6.07) is 10.1. The Bertz CT molecular complexity index is 1370. The van der Waals surface area contributed by atoms with Gasteiger partial charge >= 0.3 is 0 Å². The Labute approximate surface area is 195 Å². The lowest BCUT2D eigenvalue weighted by atomic mass is 10.2. The van der Waals surface area contributed by atoms with E-state index >= 15 is 0 Å². The van der Waals surface area contributed by atoms with Crippen molar-refractivity contribution < 1.29 is 18.7 Å². The lowest BCUT2D eigenvalue weighted by Crippen LogP contribution is -2.20. The maximum absolute atomic E-state index is 13.1. The Balaban J connectivity index is 1.73. The second-order valence-corrected chi connectivity index (χ2v) is 7.39. The standard InChI is InChI=1S/C24H25N5O5/c1-5-32-19-10-9-16(12-20(19)33-6-2)23(31)26-21-13-17(18-8-7-11-34-18)28-29(21)24-25-15(4)14(3)22(30)27-24/h7-13H,5-6H2,1-4H3,(H,26,31)(H,25,27,30). The number of hydrogen-bond acceptors (Lipinski definition) is 7. The van der Waals surface area contributed by atoms with Gasteiger partial charge < -0.3 is 19.2 Å². The molecule has 4 rings (SSSR count). The molecule has 0 atom stereocenters. The fourth-order valence-electron chi connectivity index (χ4n) is 3.29. The number of benzene rings is 1. The number of H-pyrrole nitrogens is 1. The summed E-state index contributed by atoms with van der Waals surface area (Å²) in [5.41, 5.74) is 1.59. The van der Waals surface area contributed by atoms with E-state index in [4.69, 9.17) is 13.9 Å². The van der Waals surface area contributed by atoms with E-state index in [0.29, 0.717) is 58.8 Å². The van der Waals surface area contributed by atoms with E-state index in [1.54, 1.807) is 50.2 Å². The molecule has 0 saturated carbocycles. The topological polar surface area (TPSA) is 124 Å². The Morgan fingerprint density at radius 1 is 1.12 bits per heavy atom. The zero-order valence-electron chi connectivity index (χ0n) is 19.3. The number of aromatic amines is 1. The molecule has 2 N–H and O–H groups in total. The van der Waals surface area contributed by atoms with Gasteiger partial charge in [-0.15, -0.1) is 0 Å². The van der Waals surface area contributed by atoms with Crippen LogP contribution in [-0.2, 0) is 0 Å². The van der Waals surface area contributed by atoms with Crippen LogP contribution in [-0.4, -0.2) is 38.9 Å². The molecule has 3 aromatic heterocycles. The van der Waals surface area contributed by atoms with Gasteiger partial charge in [0.2, 0.25) is 5.95 Å². The van der Waals surface area contributed by atoms with Crippen molar-refractivity contribution in [3.05, 3.63) is 69.8 Å². The molecule has 0 radical (unpaired) electrons. The van der Waals surface area contributed by atoms with Gasteiger partial charge in [-0.1, -0.05) is 0 Å². The number of ether oxygens (including phenoxy) is 2. The second kappa shape index (κ2) is 9.65. The third-order valence-corrected chi connectivity index (χ3v) is 5.11. The molecule has 0 bridgehead atoms. The van der Waals surface area contributed by atoms with Crippen LogP contribution in [0.15, 0.2) is 51.9 Å². The van der Waals surface area contributed by atoms with Crippen molar-refractivity contribution in [2.24, 2.45) is 0 Å². The Hall–Kier alpha value is -4.34. The highest BCUT2D eigenvalue weighted by atomic mass is 16.5. The van der Waals surface area contributed by atoms with Crippen LogP contribution in [0.3, 0.4) is 0 Å². The lowest BCUT2D eigenvalue weighted by Gasteiger charge is -2.13. The first-order valence-electron chi connectivity index (χ1n) is 10.8. The van der Waals surface area contributed by atoms with Gasteiger partial charge in [-0.25, -0.2) is 4.98 Å². The minimum absolute atomic E-state index is 0.169. The fourth-order valence-corrected chi connectivity index (χ4v) is 3.29. The van der Waals surface area contributed by atoms with Crippen molar-refractivity contribution in [1.82, 2.24) is 19.7 Å². The predicted molar refractivity (Wildman–Crippen MR) is 126 cm³/mol. The van der Waals surface area contributed by atoms with Crippen LogP contribution in [0.25, 0.3) is 17.4 Å². The number of aromatic nitrogens is 4. The van der Waals surface area contributed by atoms with Gasteiger partial charge in [-0.2, -0.15) is 9.78 Å². The molecule has 0 aliphatic carbocycles. The van der Waals surface area contributed by atoms with Gasteiger partial charge in [0.1, 0.15) is 11.5 Å². The first-order valence-corrected chi connectivity index (χ1v) is 10.8. The number of aryl methyl sites for hydroxylation is 1. The maximum atomic E-state index is 13.1. The van der Waals surface area contributed by atoms with Crippen LogP contribution < -0.4 is 20.3 Å². The average molecular weight is 463 g/mol. The van der Waals surface area contributed by atoms with Crippen LogP contribution in [0.4, 0.5) is 5.82 Å². The molecule has 0 unspecified atom stereocenters. The predicted octanol–water partition coefficient (Wildman–Crippen LogP) is 3.88. The lowest BCUT2D eigenvalue weighted by molar-refractivity contribution is 0.102. The highest BCUT2D eigenvalue weighted by Gasteiger charge is 2.19. The molecule has 0 saturated heterocycles. The van der Waals surface area contributed by atoms with E-state index in [1.165, 1.54) is 10.9 Å². The minimum Gasteiger partial charge on any atom is -0.490 e. The van der Waals surface area contributed by atoms with Crippen LogP contribution in [0.2, 0.25) is 0 Å². The summed E-state index contributed by atoms with van der Waals surface area (Å²) in [5, 5.41) is 7.34. The van der Waals surface area contributed by atoms with Crippen LogP contribution >= 0.6 is 0 Å². The van der Waals surface area contributed by atoms with Crippen molar-refractivity contribution in [3.63, 3.8) is 0 Å². The first-order chi connectivity index (χ1) is 16.4. The highest BCUT2D eigenvalue weighted by Crippen LogP contribution is 2.29. The number of hydrogen-bond donors (Lipinski definition) is 2. The summed E-state index contributed by atoms with van der Waals surface area (Å²) in [7, 11) is 0. The van der Waals surface area contributed by atoms with Crippen LogP contribution in [0.5, 0.6) is 11.5 Å². The third kappa shape index (κ3) is 4.56. The SMILES string of the molecule is CCOc1ccc(C(=O)Nc2cc(-c3ccco3)nn2-c2nc(C)c(C)c(=O)[nH]2)cc1OCC. The van der Waals surface area contributed by atoms with Gasteiger partial charge in [-0.05, 0) is 58.0 Å². The second-order valence-electron chi connectivity index (χ2n) is 7.39. The molecule has 0 fully saturated rings. The van der Waals surface area contributed by atoms with Crippen molar-refractivity contribution >= 4 is 11.7 Å². The van der Waals surface area contributed by atoms with Crippen molar-refractivity contribution in [2.75, 3.05) is 18.5 Å². The number of carbonyl (C=O) groups excluding carboxylic acids is 1. The number of anilines is 1. The minimum atomic E-state index is -0.401. The number of nitrogens with zero attached hydrogens (tertiary/aromatic N) is 3. The Morgan fingerprint density at radius 2 is 1.88 bits per heavy atom. The molecular weight excluding hydrogens is 438 g/mol. The summed E-state index contributed by atoms with van der Waals surface area (Å²) in [4.78, 5) is 32.6. The molecule has 0 aliphatic rings. The van der Waals surface area contributed by atoms with E-state index in [0.717, 1.165) is 0 Å². The van der Waals surface area contributed by atoms with Crippen molar-refractivity contribution in [3.8, 4) is 28.9 Å². The van der Waals surface area contributed by atoms with Gasteiger partial charge in [-0.3, -0.25) is 14.6 Å². The molecule has 3 heterocycles. The highest BCUT2D eigenvalue weighted by molar-refractivity contribution is 6.04. The molecule has 0 aliphatic heterocycles. The molecule has 176 valence electrons. The molecule has 34 heavy (non-hydrogen) atoms. The number of amides is 1. The van der Waals surface area contributed by atoms with E-state index in [1.807, 2.05) is 13.8 Å². The smallest absolute Gasteiger partial charge is 0.256 e. The molecular formula is C24H25N5O5. The van der Waals surface area contributed by atoms with Crippen LogP contribution in [0.1, 0.15) is 35.5 Å². The van der Waals surface area contributed by atoms with Gasteiger partial charge in [0, 0.05) is 22.9 Å². The van der Waals surface area contributed by atoms with E-state index < -0.39 is 5.91 Å². The normalized spacial score (nSPS) is 10.8. The molecule has 1 amide bonds.